The molecule has 0 aromatic carbocycles. The van der Waals surface area contributed by atoms with Crippen LogP contribution in [0.15, 0.2) is 23.3 Å². The molecule has 12 heavy (non-hydrogen) atoms. The summed E-state index contributed by atoms with van der Waals surface area (Å²) in [7, 11) is 0. The molecule has 0 heterocycles. The Morgan fingerprint density at radius 3 is 2.25 bits per heavy atom. The minimum atomic E-state index is 0.728. The summed E-state index contributed by atoms with van der Waals surface area (Å²) < 4.78 is 0. The molecule has 1 rings (SSSR count). The molecule has 0 saturated carbocycles. The van der Waals surface area contributed by atoms with Gasteiger partial charge in [0, 0.05) is 0 Å². The Bertz CT molecular complexity index is 204. The van der Waals surface area contributed by atoms with Gasteiger partial charge in [0.25, 0.3) is 0 Å². The van der Waals surface area contributed by atoms with Crippen LogP contribution in [0.1, 0.15) is 40.5 Å². The number of rotatable bonds is 3. The third-order valence-electron chi connectivity index (χ3n) is 2.38. The molecule has 0 spiro atoms. The van der Waals surface area contributed by atoms with E-state index in [4.69, 9.17) is 0 Å². The average Bonchev–Trinajstić information content (AvgIpc) is 2.34. The van der Waals surface area contributed by atoms with Gasteiger partial charge >= 0.3 is 0 Å². The van der Waals surface area contributed by atoms with E-state index in [2.05, 4.69) is 39.8 Å². The number of hydrogen-bond acceptors (Lipinski definition) is 0. The summed E-state index contributed by atoms with van der Waals surface area (Å²) in [4.78, 5) is 0. The molecular weight excluding hydrogens is 144 g/mol. The van der Waals surface area contributed by atoms with Crippen molar-refractivity contribution in [2.24, 2.45) is 11.8 Å². The van der Waals surface area contributed by atoms with Gasteiger partial charge in [-0.3, -0.25) is 0 Å². The summed E-state index contributed by atoms with van der Waals surface area (Å²) in [5, 5.41) is 0. The minimum Gasteiger partial charge on any atom is -0.0659 e. The molecular formula is C12H20. The van der Waals surface area contributed by atoms with Crippen LogP contribution < -0.4 is 0 Å². The summed E-state index contributed by atoms with van der Waals surface area (Å²) in [5.41, 5.74) is 3.22. The maximum Gasteiger partial charge on any atom is -0.00995 e. The van der Waals surface area contributed by atoms with Gasteiger partial charge in [-0.15, -0.1) is 0 Å². The van der Waals surface area contributed by atoms with Crippen LogP contribution in [-0.2, 0) is 0 Å². The topological polar surface area (TPSA) is 0 Å². The average molecular weight is 164 g/mol. The summed E-state index contributed by atoms with van der Waals surface area (Å²) in [6, 6.07) is 0. The maximum atomic E-state index is 2.31. The molecule has 68 valence electrons. The Morgan fingerprint density at radius 1 is 1.17 bits per heavy atom. The lowest BCUT2D eigenvalue weighted by atomic mass is 9.96. The van der Waals surface area contributed by atoms with Gasteiger partial charge in [-0.25, -0.2) is 0 Å². The van der Waals surface area contributed by atoms with E-state index in [9.17, 15) is 0 Å². The molecule has 0 saturated heterocycles. The molecule has 0 fully saturated rings. The van der Waals surface area contributed by atoms with Crippen molar-refractivity contribution in [3.05, 3.63) is 23.3 Å². The fraction of sp³-hybridized carbons (Fsp3) is 0.667. The Balaban J connectivity index is 2.40. The highest BCUT2D eigenvalue weighted by atomic mass is 14.2. The molecule has 0 unspecified atom stereocenters. The molecule has 1 aliphatic rings. The second kappa shape index (κ2) is 3.93. The predicted octanol–water partition coefficient (Wildman–Crippen LogP) is 3.95. The SMILES string of the molecule is CC(C)CC1=CC=C(C(C)C)C1. The Kier molecular flexibility index (Phi) is 3.13. The zero-order valence-electron chi connectivity index (χ0n) is 8.72. The van der Waals surface area contributed by atoms with Crippen LogP contribution in [0.2, 0.25) is 0 Å². The first-order chi connectivity index (χ1) is 5.59. The molecule has 0 heteroatoms. The van der Waals surface area contributed by atoms with Crippen LogP contribution in [0.5, 0.6) is 0 Å². The van der Waals surface area contributed by atoms with Crippen molar-refractivity contribution in [2.45, 2.75) is 40.5 Å². The number of hydrogen-bond donors (Lipinski definition) is 0. The van der Waals surface area contributed by atoms with Crippen molar-refractivity contribution in [2.75, 3.05) is 0 Å². The zero-order chi connectivity index (χ0) is 9.14. The minimum absolute atomic E-state index is 0.728. The fourth-order valence-corrected chi connectivity index (χ4v) is 1.67. The standard InChI is InChI=1S/C12H20/c1-9(2)7-11-5-6-12(8-11)10(3)4/h5-6,9-10H,7-8H2,1-4H3. The van der Waals surface area contributed by atoms with Gasteiger partial charge in [0.1, 0.15) is 0 Å². The highest BCUT2D eigenvalue weighted by Crippen LogP contribution is 2.28. The number of allylic oxidation sites excluding steroid dienone is 4. The smallest absolute Gasteiger partial charge is 0.00995 e. The third kappa shape index (κ3) is 2.51. The van der Waals surface area contributed by atoms with Crippen LogP contribution in [0.3, 0.4) is 0 Å². The molecule has 0 radical (unpaired) electrons. The van der Waals surface area contributed by atoms with E-state index in [1.54, 1.807) is 11.1 Å². The van der Waals surface area contributed by atoms with Crippen molar-refractivity contribution in [1.82, 2.24) is 0 Å². The van der Waals surface area contributed by atoms with Crippen molar-refractivity contribution in [3.63, 3.8) is 0 Å². The third-order valence-corrected chi connectivity index (χ3v) is 2.38. The Labute approximate surface area is 76.4 Å². The Morgan fingerprint density at radius 2 is 1.83 bits per heavy atom. The molecule has 0 N–H and O–H groups in total. The molecule has 0 aromatic heterocycles. The van der Waals surface area contributed by atoms with Gasteiger partial charge in [0.15, 0.2) is 0 Å². The fourth-order valence-electron chi connectivity index (χ4n) is 1.67. The van der Waals surface area contributed by atoms with Gasteiger partial charge < -0.3 is 0 Å². The largest absolute Gasteiger partial charge is 0.0659 e. The maximum absolute atomic E-state index is 2.31. The first-order valence-electron chi connectivity index (χ1n) is 4.98. The summed E-state index contributed by atoms with van der Waals surface area (Å²) in [6.45, 7) is 9.12. The molecule has 0 aromatic rings. The second-order valence-corrected chi connectivity index (χ2v) is 4.50. The zero-order valence-corrected chi connectivity index (χ0v) is 8.72. The highest BCUT2D eigenvalue weighted by Gasteiger charge is 2.11. The lowest BCUT2D eigenvalue weighted by molar-refractivity contribution is 0.627. The van der Waals surface area contributed by atoms with E-state index in [0.717, 1.165) is 11.8 Å². The van der Waals surface area contributed by atoms with Gasteiger partial charge in [-0.05, 0) is 24.7 Å². The molecule has 0 nitrogen and oxygen atoms in total. The Hall–Kier alpha value is -0.520. The van der Waals surface area contributed by atoms with Crippen LogP contribution in [0.4, 0.5) is 0 Å². The monoisotopic (exact) mass is 164 g/mol. The quantitative estimate of drug-likeness (QED) is 0.592. The summed E-state index contributed by atoms with van der Waals surface area (Å²) >= 11 is 0. The first-order valence-corrected chi connectivity index (χ1v) is 4.98. The van der Waals surface area contributed by atoms with Gasteiger partial charge in [-0.2, -0.15) is 0 Å². The second-order valence-electron chi connectivity index (χ2n) is 4.50. The summed E-state index contributed by atoms with van der Waals surface area (Å²) in [6.07, 6.45) is 7.13. The lowest BCUT2D eigenvalue weighted by Gasteiger charge is -2.09. The highest BCUT2D eigenvalue weighted by molar-refractivity contribution is 5.31. The van der Waals surface area contributed by atoms with Crippen LogP contribution in [-0.4, -0.2) is 0 Å². The van der Waals surface area contributed by atoms with E-state index in [-0.39, 0.29) is 0 Å². The van der Waals surface area contributed by atoms with Gasteiger partial charge in [-0.1, -0.05) is 51.0 Å². The van der Waals surface area contributed by atoms with Crippen LogP contribution in [0, 0.1) is 11.8 Å². The van der Waals surface area contributed by atoms with E-state index >= 15 is 0 Å². The van der Waals surface area contributed by atoms with E-state index in [1.807, 2.05) is 0 Å². The van der Waals surface area contributed by atoms with Crippen molar-refractivity contribution >= 4 is 0 Å². The first kappa shape index (κ1) is 9.57. The predicted molar refractivity (Wildman–Crippen MR) is 55.1 cm³/mol. The van der Waals surface area contributed by atoms with Crippen LogP contribution in [0.25, 0.3) is 0 Å². The molecule has 0 aliphatic heterocycles. The summed E-state index contributed by atoms with van der Waals surface area (Å²) in [5.74, 6) is 1.53. The van der Waals surface area contributed by atoms with Gasteiger partial charge in [0.2, 0.25) is 0 Å². The van der Waals surface area contributed by atoms with Crippen molar-refractivity contribution in [3.8, 4) is 0 Å². The lowest BCUT2D eigenvalue weighted by Crippen LogP contribution is -1.94. The van der Waals surface area contributed by atoms with Crippen molar-refractivity contribution in [1.29, 1.82) is 0 Å². The molecule has 0 amide bonds. The molecule has 0 atom stereocenters. The van der Waals surface area contributed by atoms with E-state index in [0.29, 0.717) is 0 Å². The molecule has 1 aliphatic carbocycles. The van der Waals surface area contributed by atoms with Gasteiger partial charge in [0.05, 0.1) is 0 Å². The van der Waals surface area contributed by atoms with E-state index < -0.39 is 0 Å². The van der Waals surface area contributed by atoms with Crippen LogP contribution >= 0.6 is 0 Å². The normalized spacial score (nSPS) is 17.2. The molecule has 0 bridgehead atoms. The van der Waals surface area contributed by atoms with Crippen molar-refractivity contribution < 1.29 is 0 Å². The van der Waals surface area contributed by atoms with E-state index in [1.165, 1.54) is 12.8 Å².